The molecule has 7 heteroatoms. The quantitative estimate of drug-likeness (QED) is 0.763. The van der Waals surface area contributed by atoms with E-state index in [0.29, 0.717) is 16.9 Å². The number of benzene rings is 2. The van der Waals surface area contributed by atoms with E-state index in [9.17, 15) is 13.2 Å². The average Bonchev–Trinajstić information content (AvgIpc) is 2.55. The Labute approximate surface area is 139 Å². The molecule has 1 amide bonds. The minimum atomic E-state index is -3.74. The molecule has 0 aliphatic heterocycles. The van der Waals surface area contributed by atoms with Crippen molar-refractivity contribution < 1.29 is 13.2 Å². The first-order chi connectivity index (χ1) is 11.5. The third kappa shape index (κ3) is 3.36. The fourth-order valence-electron chi connectivity index (χ4n) is 2.32. The molecular weight excluding hydrogens is 326 g/mol. The van der Waals surface area contributed by atoms with Crippen molar-refractivity contribution in [2.45, 2.75) is 11.8 Å². The number of anilines is 2. The van der Waals surface area contributed by atoms with Gasteiger partial charge in [0, 0.05) is 24.2 Å². The largest absolute Gasteiger partial charge is 0.326 e. The van der Waals surface area contributed by atoms with Gasteiger partial charge in [0.15, 0.2) is 0 Å². The summed E-state index contributed by atoms with van der Waals surface area (Å²) in [4.78, 5) is 15.3. The van der Waals surface area contributed by atoms with Crippen LogP contribution >= 0.6 is 0 Å². The van der Waals surface area contributed by atoms with Crippen molar-refractivity contribution >= 4 is 38.2 Å². The van der Waals surface area contributed by atoms with Crippen molar-refractivity contribution in [3.63, 3.8) is 0 Å². The van der Waals surface area contributed by atoms with Gasteiger partial charge in [-0.1, -0.05) is 6.07 Å². The number of hydrogen-bond acceptors (Lipinski definition) is 4. The zero-order valence-electron chi connectivity index (χ0n) is 12.9. The molecule has 2 N–H and O–H groups in total. The van der Waals surface area contributed by atoms with Crippen LogP contribution in [0.5, 0.6) is 0 Å². The van der Waals surface area contributed by atoms with E-state index in [1.165, 1.54) is 19.1 Å². The second-order valence-electron chi connectivity index (χ2n) is 5.19. The topological polar surface area (TPSA) is 88.2 Å². The predicted octanol–water partition coefficient (Wildman–Crippen LogP) is 2.99. The number of nitrogens with one attached hydrogen (secondary N) is 2. The second-order valence-corrected chi connectivity index (χ2v) is 6.87. The first-order valence-electron chi connectivity index (χ1n) is 7.20. The van der Waals surface area contributed by atoms with Crippen LogP contribution in [0.1, 0.15) is 6.92 Å². The van der Waals surface area contributed by atoms with Gasteiger partial charge in [-0.25, -0.2) is 8.42 Å². The molecule has 0 saturated heterocycles. The summed E-state index contributed by atoms with van der Waals surface area (Å²) in [5, 5.41) is 3.32. The monoisotopic (exact) mass is 341 g/mol. The smallest absolute Gasteiger partial charge is 0.261 e. The number of amides is 1. The first kappa shape index (κ1) is 15.9. The number of carbonyl (C=O) groups excluding carboxylic acids is 1. The second kappa shape index (κ2) is 6.29. The van der Waals surface area contributed by atoms with Gasteiger partial charge in [0.1, 0.15) is 0 Å². The van der Waals surface area contributed by atoms with Gasteiger partial charge in [0.25, 0.3) is 10.0 Å². The highest BCUT2D eigenvalue weighted by molar-refractivity contribution is 7.92. The van der Waals surface area contributed by atoms with Crippen molar-refractivity contribution in [2.75, 3.05) is 10.0 Å². The van der Waals surface area contributed by atoms with Gasteiger partial charge in [-0.3, -0.25) is 14.5 Å². The third-order valence-electron chi connectivity index (χ3n) is 3.37. The molecule has 1 aromatic heterocycles. The highest BCUT2D eigenvalue weighted by atomic mass is 32.2. The van der Waals surface area contributed by atoms with Gasteiger partial charge >= 0.3 is 0 Å². The number of aromatic nitrogens is 1. The number of fused-ring (bicyclic) bond motifs is 1. The van der Waals surface area contributed by atoms with E-state index >= 15 is 0 Å². The lowest BCUT2D eigenvalue weighted by molar-refractivity contribution is -0.114. The molecule has 24 heavy (non-hydrogen) atoms. The molecule has 0 bridgehead atoms. The normalized spacial score (nSPS) is 11.2. The predicted molar refractivity (Wildman–Crippen MR) is 93.3 cm³/mol. The Morgan fingerprint density at radius 2 is 1.75 bits per heavy atom. The molecule has 0 radical (unpaired) electrons. The number of rotatable bonds is 4. The van der Waals surface area contributed by atoms with Crippen LogP contribution in [-0.2, 0) is 14.8 Å². The molecule has 122 valence electrons. The summed E-state index contributed by atoms with van der Waals surface area (Å²) in [6.07, 6.45) is 1.65. The fraction of sp³-hybridized carbons (Fsp3) is 0.0588. The zero-order valence-corrected chi connectivity index (χ0v) is 13.7. The van der Waals surface area contributed by atoms with Crippen molar-refractivity contribution in [3.05, 3.63) is 60.8 Å². The van der Waals surface area contributed by atoms with E-state index in [4.69, 9.17) is 0 Å². The molecular formula is C17H15N3O3S. The number of sulfonamides is 1. The summed E-state index contributed by atoms with van der Waals surface area (Å²) in [7, 11) is -3.74. The number of pyridine rings is 1. The van der Waals surface area contributed by atoms with Gasteiger partial charge in [-0.15, -0.1) is 0 Å². The highest BCUT2D eigenvalue weighted by Gasteiger charge is 2.15. The van der Waals surface area contributed by atoms with Gasteiger partial charge in [0.05, 0.1) is 16.1 Å². The van der Waals surface area contributed by atoms with Crippen molar-refractivity contribution in [1.29, 1.82) is 0 Å². The summed E-state index contributed by atoms with van der Waals surface area (Å²) < 4.78 is 27.7. The van der Waals surface area contributed by atoms with Crippen molar-refractivity contribution in [1.82, 2.24) is 4.98 Å². The van der Waals surface area contributed by atoms with Crippen LogP contribution in [0.4, 0.5) is 11.4 Å². The highest BCUT2D eigenvalue weighted by Crippen LogP contribution is 2.24. The van der Waals surface area contributed by atoms with Crippen LogP contribution in [0.25, 0.3) is 10.9 Å². The van der Waals surface area contributed by atoms with Gasteiger partial charge < -0.3 is 5.32 Å². The van der Waals surface area contributed by atoms with Crippen molar-refractivity contribution in [3.8, 4) is 0 Å². The number of hydrogen-bond donors (Lipinski definition) is 2. The molecule has 0 aliphatic rings. The van der Waals surface area contributed by atoms with Crippen LogP contribution in [0.2, 0.25) is 0 Å². The lowest BCUT2D eigenvalue weighted by atomic mass is 10.2. The van der Waals surface area contributed by atoms with E-state index < -0.39 is 10.0 Å². The van der Waals surface area contributed by atoms with E-state index in [-0.39, 0.29) is 10.8 Å². The Morgan fingerprint density at radius 1 is 1.00 bits per heavy atom. The maximum atomic E-state index is 12.6. The summed E-state index contributed by atoms with van der Waals surface area (Å²) in [6, 6.07) is 14.8. The Hall–Kier alpha value is -2.93. The Bertz CT molecular complexity index is 994. The fourth-order valence-corrected chi connectivity index (χ4v) is 3.40. The maximum Gasteiger partial charge on any atom is 0.261 e. The van der Waals surface area contributed by atoms with Crippen LogP contribution in [0, 0.1) is 0 Å². The number of carbonyl (C=O) groups is 1. The van der Waals surface area contributed by atoms with Crippen LogP contribution < -0.4 is 10.0 Å². The molecule has 0 saturated carbocycles. The molecule has 6 nitrogen and oxygen atoms in total. The summed E-state index contributed by atoms with van der Waals surface area (Å²) in [6.45, 7) is 1.39. The molecule has 3 rings (SSSR count). The average molecular weight is 341 g/mol. The molecule has 0 fully saturated rings. The summed E-state index contributed by atoms with van der Waals surface area (Å²) >= 11 is 0. The molecule has 0 unspecified atom stereocenters. The van der Waals surface area contributed by atoms with Crippen LogP contribution in [-0.4, -0.2) is 19.3 Å². The minimum absolute atomic E-state index is 0.109. The maximum absolute atomic E-state index is 12.6. The van der Waals surface area contributed by atoms with Crippen LogP contribution in [0.15, 0.2) is 65.7 Å². The first-order valence-corrected chi connectivity index (χ1v) is 8.68. The van der Waals surface area contributed by atoms with E-state index in [1.807, 2.05) is 6.07 Å². The lowest BCUT2D eigenvalue weighted by Gasteiger charge is -2.11. The van der Waals surface area contributed by atoms with Gasteiger partial charge in [-0.2, -0.15) is 0 Å². The lowest BCUT2D eigenvalue weighted by Crippen LogP contribution is -2.13. The molecule has 1 heterocycles. The Balaban J connectivity index is 1.92. The summed E-state index contributed by atoms with van der Waals surface area (Å²) in [5.74, 6) is -0.216. The standard InChI is InChI=1S/C17H15N3O3S/c1-12(21)19-13-7-9-14(10-8-13)24(22,23)20-17-6-2-5-16-15(17)4-3-11-18-16/h2-11,20H,1H3,(H,19,21). The molecule has 3 aromatic rings. The zero-order chi connectivity index (χ0) is 17.2. The van der Waals surface area contributed by atoms with Gasteiger partial charge in [-0.05, 0) is 48.5 Å². The molecule has 0 aliphatic carbocycles. The van der Waals surface area contributed by atoms with Crippen LogP contribution in [0.3, 0.4) is 0 Å². The molecule has 0 spiro atoms. The number of nitrogens with zero attached hydrogens (tertiary/aromatic N) is 1. The molecule has 0 atom stereocenters. The van der Waals surface area contributed by atoms with E-state index in [1.54, 1.807) is 42.6 Å². The molecule has 2 aromatic carbocycles. The minimum Gasteiger partial charge on any atom is -0.326 e. The van der Waals surface area contributed by atoms with Crippen molar-refractivity contribution in [2.24, 2.45) is 0 Å². The Morgan fingerprint density at radius 3 is 2.46 bits per heavy atom. The van der Waals surface area contributed by atoms with E-state index in [2.05, 4.69) is 15.0 Å². The SMILES string of the molecule is CC(=O)Nc1ccc(S(=O)(=O)Nc2cccc3ncccc23)cc1. The van der Waals surface area contributed by atoms with Gasteiger partial charge in [0.2, 0.25) is 5.91 Å². The van der Waals surface area contributed by atoms with E-state index in [0.717, 1.165) is 5.39 Å². The third-order valence-corrected chi connectivity index (χ3v) is 4.76. The Kier molecular flexibility index (Phi) is 4.18. The summed E-state index contributed by atoms with van der Waals surface area (Å²) in [5.41, 5.74) is 1.71.